The summed E-state index contributed by atoms with van der Waals surface area (Å²) in [5, 5.41) is 1.17. The summed E-state index contributed by atoms with van der Waals surface area (Å²) in [6, 6.07) is 10.5. The summed E-state index contributed by atoms with van der Waals surface area (Å²) in [5.41, 5.74) is 1.04. The van der Waals surface area contributed by atoms with Crippen LogP contribution in [0.1, 0.15) is 25.7 Å². The average Bonchev–Trinajstić information content (AvgIpc) is 2.63. The van der Waals surface area contributed by atoms with E-state index < -0.39 is 0 Å². The Bertz CT molecular complexity index is 695. The maximum Gasteiger partial charge on any atom is 0.129 e. The molecule has 0 bridgehead atoms. The van der Waals surface area contributed by atoms with Gasteiger partial charge in [-0.2, -0.15) is 0 Å². The van der Waals surface area contributed by atoms with Crippen LogP contribution in [0.5, 0.6) is 0 Å². The summed E-state index contributed by atoms with van der Waals surface area (Å²) in [7, 11) is 0. The van der Waals surface area contributed by atoms with Crippen LogP contribution in [0.25, 0.3) is 10.9 Å². The molecule has 1 aromatic carbocycles. The van der Waals surface area contributed by atoms with Crippen LogP contribution < -0.4 is 4.90 Å². The van der Waals surface area contributed by atoms with E-state index in [0.717, 1.165) is 67.8 Å². The van der Waals surface area contributed by atoms with Gasteiger partial charge in [0.25, 0.3) is 0 Å². The molecular formula is C19H23BrN2O2. The molecule has 24 heavy (non-hydrogen) atoms. The van der Waals surface area contributed by atoms with E-state index >= 15 is 0 Å². The minimum atomic E-state index is 0.386. The molecular weight excluding hydrogens is 368 g/mol. The predicted molar refractivity (Wildman–Crippen MR) is 99.6 cm³/mol. The van der Waals surface area contributed by atoms with E-state index in [-0.39, 0.29) is 0 Å². The lowest BCUT2D eigenvalue weighted by atomic mass is 10.1. The van der Waals surface area contributed by atoms with Gasteiger partial charge in [0.1, 0.15) is 5.82 Å². The first kappa shape index (κ1) is 16.3. The Morgan fingerprint density at radius 3 is 2.54 bits per heavy atom. The number of nitrogens with zero attached hydrogens (tertiary/aromatic N) is 2. The monoisotopic (exact) mass is 390 g/mol. The summed E-state index contributed by atoms with van der Waals surface area (Å²) in [6.45, 7) is 3.71. The van der Waals surface area contributed by atoms with Gasteiger partial charge in [-0.15, -0.1) is 0 Å². The number of anilines is 1. The smallest absolute Gasteiger partial charge is 0.129 e. The topological polar surface area (TPSA) is 34.6 Å². The Balaban J connectivity index is 1.39. The molecule has 2 saturated heterocycles. The quantitative estimate of drug-likeness (QED) is 0.787. The van der Waals surface area contributed by atoms with Gasteiger partial charge in [0.15, 0.2) is 0 Å². The van der Waals surface area contributed by atoms with Gasteiger partial charge in [0, 0.05) is 36.2 Å². The highest BCUT2D eigenvalue weighted by molar-refractivity contribution is 9.10. The summed E-state index contributed by atoms with van der Waals surface area (Å²) >= 11 is 3.61. The molecule has 2 fully saturated rings. The number of fused-ring (bicyclic) bond motifs is 1. The molecule has 1 aromatic heterocycles. The van der Waals surface area contributed by atoms with Gasteiger partial charge in [0.05, 0.1) is 17.7 Å². The molecule has 4 nitrogen and oxygen atoms in total. The summed E-state index contributed by atoms with van der Waals surface area (Å²) in [6.07, 6.45) is 5.02. The molecule has 128 valence electrons. The van der Waals surface area contributed by atoms with Crippen LogP contribution in [0.15, 0.2) is 34.8 Å². The highest BCUT2D eigenvalue weighted by Crippen LogP contribution is 2.27. The van der Waals surface area contributed by atoms with E-state index in [0.29, 0.717) is 12.2 Å². The van der Waals surface area contributed by atoms with Crippen LogP contribution in [-0.2, 0) is 9.47 Å². The van der Waals surface area contributed by atoms with Crippen molar-refractivity contribution in [2.24, 2.45) is 0 Å². The fourth-order valence-corrected chi connectivity index (χ4v) is 4.05. The third-order valence-electron chi connectivity index (χ3n) is 4.98. The Labute approximate surface area is 151 Å². The molecule has 0 spiro atoms. The van der Waals surface area contributed by atoms with Crippen LogP contribution in [0.4, 0.5) is 5.82 Å². The standard InChI is InChI=1S/C19H23BrN2O2/c20-17-3-1-2-14-4-5-18(21-19(14)17)22-10-6-15(7-11-22)24-16-8-12-23-13-9-16/h1-5,15-16H,6-13H2. The second-order valence-corrected chi connectivity index (χ2v) is 7.47. The van der Waals surface area contributed by atoms with E-state index in [4.69, 9.17) is 14.5 Å². The van der Waals surface area contributed by atoms with Crippen molar-refractivity contribution in [3.8, 4) is 0 Å². The van der Waals surface area contributed by atoms with Crippen molar-refractivity contribution in [1.82, 2.24) is 4.98 Å². The maximum absolute atomic E-state index is 6.27. The minimum absolute atomic E-state index is 0.386. The number of rotatable bonds is 3. The molecule has 3 heterocycles. The highest BCUT2D eigenvalue weighted by atomic mass is 79.9. The van der Waals surface area contributed by atoms with Crippen molar-refractivity contribution >= 4 is 32.7 Å². The van der Waals surface area contributed by atoms with Crippen molar-refractivity contribution in [2.45, 2.75) is 37.9 Å². The van der Waals surface area contributed by atoms with Crippen LogP contribution in [0, 0.1) is 0 Å². The maximum atomic E-state index is 6.27. The van der Waals surface area contributed by atoms with E-state index in [2.05, 4.69) is 39.0 Å². The SMILES string of the molecule is Brc1cccc2ccc(N3CCC(OC4CCOCC4)CC3)nc12. The Kier molecular flexibility index (Phi) is 5.01. The van der Waals surface area contributed by atoms with E-state index in [1.54, 1.807) is 0 Å². The highest BCUT2D eigenvalue weighted by Gasteiger charge is 2.24. The molecule has 0 saturated carbocycles. The Morgan fingerprint density at radius 1 is 1.00 bits per heavy atom. The van der Waals surface area contributed by atoms with Crippen molar-refractivity contribution in [3.05, 3.63) is 34.8 Å². The van der Waals surface area contributed by atoms with Crippen molar-refractivity contribution in [3.63, 3.8) is 0 Å². The number of para-hydroxylation sites is 1. The second-order valence-electron chi connectivity index (χ2n) is 6.62. The fraction of sp³-hybridized carbons (Fsp3) is 0.526. The number of hydrogen-bond donors (Lipinski definition) is 0. The van der Waals surface area contributed by atoms with Crippen LogP contribution in [-0.4, -0.2) is 43.5 Å². The van der Waals surface area contributed by atoms with Gasteiger partial charge in [-0.05, 0) is 59.8 Å². The molecule has 0 N–H and O–H groups in total. The first-order valence-corrected chi connectivity index (χ1v) is 9.62. The lowest BCUT2D eigenvalue weighted by Crippen LogP contribution is -2.39. The van der Waals surface area contributed by atoms with Crippen molar-refractivity contribution in [2.75, 3.05) is 31.2 Å². The number of pyridine rings is 1. The number of hydrogen-bond acceptors (Lipinski definition) is 4. The van der Waals surface area contributed by atoms with Gasteiger partial charge in [-0.3, -0.25) is 0 Å². The molecule has 0 amide bonds. The molecule has 2 aliphatic heterocycles. The number of halogens is 1. The number of ether oxygens (including phenoxy) is 2. The molecule has 2 aromatic rings. The Morgan fingerprint density at radius 2 is 1.75 bits per heavy atom. The lowest BCUT2D eigenvalue weighted by molar-refractivity contribution is -0.0743. The zero-order valence-electron chi connectivity index (χ0n) is 13.8. The predicted octanol–water partition coefficient (Wildman–Crippen LogP) is 4.16. The van der Waals surface area contributed by atoms with Gasteiger partial charge in [0.2, 0.25) is 0 Å². The van der Waals surface area contributed by atoms with E-state index in [9.17, 15) is 0 Å². The first-order chi connectivity index (χ1) is 11.8. The van der Waals surface area contributed by atoms with Gasteiger partial charge in [-0.25, -0.2) is 4.98 Å². The number of piperidine rings is 1. The largest absolute Gasteiger partial charge is 0.381 e. The normalized spacial score (nSPS) is 20.6. The van der Waals surface area contributed by atoms with E-state index in [1.165, 1.54) is 5.39 Å². The van der Waals surface area contributed by atoms with Crippen LogP contribution >= 0.6 is 15.9 Å². The fourth-order valence-electron chi connectivity index (χ4n) is 3.58. The second kappa shape index (κ2) is 7.38. The van der Waals surface area contributed by atoms with Gasteiger partial charge in [-0.1, -0.05) is 12.1 Å². The van der Waals surface area contributed by atoms with Gasteiger partial charge < -0.3 is 14.4 Å². The third-order valence-corrected chi connectivity index (χ3v) is 5.62. The average molecular weight is 391 g/mol. The summed E-state index contributed by atoms with van der Waals surface area (Å²) in [5.74, 6) is 1.07. The zero-order chi connectivity index (χ0) is 16.4. The first-order valence-electron chi connectivity index (χ1n) is 8.83. The van der Waals surface area contributed by atoms with Gasteiger partial charge >= 0.3 is 0 Å². The van der Waals surface area contributed by atoms with Crippen molar-refractivity contribution in [1.29, 1.82) is 0 Å². The number of benzene rings is 1. The molecule has 0 aliphatic carbocycles. The Hall–Kier alpha value is -1.17. The molecule has 5 heteroatoms. The minimum Gasteiger partial charge on any atom is -0.381 e. The molecule has 0 radical (unpaired) electrons. The van der Waals surface area contributed by atoms with Crippen molar-refractivity contribution < 1.29 is 9.47 Å². The van der Waals surface area contributed by atoms with E-state index in [1.807, 2.05) is 12.1 Å². The van der Waals surface area contributed by atoms with Crippen LogP contribution in [0.2, 0.25) is 0 Å². The summed E-state index contributed by atoms with van der Waals surface area (Å²) < 4.78 is 12.7. The molecule has 4 rings (SSSR count). The lowest BCUT2D eigenvalue weighted by Gasteiger charge is -2.35. The molecule has 0 atom stereocenters. The molecule has 2 aliphatic rings. The third kappa shape index (κ3) is 3.58. The molecule has 0 unspecified atom stereocenters. The van der Waals surface area contributed by atoms with Crippen LogP contribution in [0.3, 0.4) is 0 Å². The number of aromatic nitrogens is 1. The summed E-state index contributed by atoms with van der Waals surface area (Å²) in [4.78, 5) is 7.24. The zero-order valence-corrected chi connectivity index (χ0v) is 15.4.